The highest BCUT2D eigenvalue weighted by molar-refractivity contribution is 5.69. The molecule has 0 saturated carbocycles. The quantitative estimate of drug-likeness (QED) is 0.668. The number of para-hydroxylation sites is 1. The number of aromatic nitrogens is 3. The standard InChI is InChI=1S/C15H13N3O/c1-10-14-13(8-7-11-9-16-19-15(11)14)18(17-10)12-5-3-2-4-6-12/h2-6,9H,7-8H2,1H3. The Bertz CT molecular complexity index is 740. The lowest BCUT2D eigenvalue weighted by molar-refractivity contribution is 0.430. The van der Waals surface area contributed by atoms with E-state index in [0.717, 1.165) is 35.5 Å². The van der Waals surface area contributed by atoms with Gasteiger partial charge < -0.3 is 4.52 Å². The van der Waals surface area contributed by atoms with E-state index in [1.165, 1.54) is 11.3 Å². The summed E-state index contributed by atoms with van der Waals surface area (Å²) in [6.45, 7) is 2.02. The predicted molar refractivity (Wildman–Crippen MR) is 71.2 cm³/mol. The SMILES string of the molecule is Cc1nn(-c2ccccc2)c2c1-c1oncc1CC2. The molecule has 0 spiro atoms. The first-order chi connectivity index (χ1) is 9.34. The van der Waals surface area contributed by atoms with Gasteiger partial charge in [0.1, 0.15) is 0 Å². The summed E-state index contributed by atoms with van der Waals surface area (Å²) in [5.74, 6) is 0.890. The van der Waals surface area contributed by atoms with Gasteiger partial charge in [-0.15, -0.1) is 0 Å². The molecule has 0 amide bonds. The van der Waals surface area contributed by atoms with E-state index in [0.29, 0.717) is 0 Å². The molecule has 0 atom stereocenters. The highest BCUT2D eigenvalue weighted by atomic mass is 16.5. The summed E-state index contributed by atoms with van der Waals surface area (Å²) in [5, 5.41) is 8.58. The zero-order chi connectivity index (χ0) is 12.8. The molecule has 3 aromatic rings. The molecule has 1 aliphatic carbocycles. The third-order valence-electron chi connectivity index (χ3n) is 3.66. The van der Waals surface area contributed by atoms with E-state index in [1.807, 2.05) is 36.0 Å². The van der Waals surface area contributed by atoms with Crippen molar-refractivity contribution in [3.8, 4) is 17.0 Å². The van der Waals surface area contributed by atoms with Crippen molar-refractivity contribution in [3.63, 3.8) is 0 Å². The van der Waals surface area contributed by atoms with Crippen LogP contribution in [0, 0.1) is 6.92 Å². The highest BCUT2D eigenvalue weighted by Crippen LogP contribution is 2.36. The summed E-state index contributed by atoms with van der Waals surface area (Å²) >= 11 is 0. The Balaban J connectivity index is 1.97. The molecule has 94 valence electrons. The predicted octanol–water partition coefficient (Wildman–Crippen LogP) is 2.93. The average Bonchev–Trinajstić information content (AvgIpc) is 3.04. The maximum absolute atomic E-state index is 5.41. The van der Waals surface area contributed by atoms with Gasteiger partial charge in [0.25, 0.3) is 0 Å². The van der Waals surface area contributed by atoms with Crippen molar-refractivity contribution in [1.82, 2.24) is 14.9 Å². The minimum atomic E-state index is 0.890. The van der Waals surface area contributed by atoms with Crippen LogP contribution in [0.1, 0.15) is 17.0 Å². The van der Waals surface area contributed by atoms with E-state index in [-0.39, 0.29) is 0 Å². The fraction of sp³-hybridized carbons (Fsp3) is 0.200. The summed E-state index contributed by atoms with van der Waals surface area (Å²) in [6, 6.07) is 10.2. The maximum Gasteiger partial charge on any atom is 0.173 e. The van der Waals surface area contributed by atoms with E-state index < -0.39 is 0 Å². The Morgan fingerprint density at radius 2 is 2.00 bits per heavy atom. The van der Waals surface area contributed by atoms with Crippen LogP contribution in [0.2, 0.25) is 0 Å². The van der Waals surface area contributed by atoms with Crippen molar-refractivity contribution in [2.45, 2.75) is 19.8 Å². The lowest BCUT2D eigenvalue weighted by Gasteiger charge is -2.13. The minimum Gasteiger partial charge on any atom is -0.356 e. The first-order valence-electron chi connectivity index (χ1n) is 6.42. The molecule has 1 aliphatic rings. The van der Waals surface area contributed by atoms with E-state index in [9.17, 15) is 0 Å². The molecule has 2 aromatic heterocycles. The van der Waals surface area contributed by atoms with Crippen molar-refractivity contribution in [2.24, 2.45) is 0 Å². The van der Waals surface area contributed by atoms with Crippen molar-refractivity contribution < 1.29 is 4.52 Å². The number of fused-ring (bicyclic) bond motifs is 3. The zero-order valence-corrected chi connectivity index (χ0v) is 10.6. The molecule has 2 heterocycles. The van der Waals surface area contributed by atoms with Gasteiger partial charge in [-0.05, 0) is 31.9 Å². The topological polar surface area (TPSA) is 43.9 Å². The molecule has 0 fully saturated rings. The minimum absolute atomic E-state index is 0.890. The van der Waals surface area contributed by atoms with Gasteiger partial charge in [-0.2, -0.15) is 5.10 Å². The van der Waals surface area contributed by atoms with Crippen molar-refractivity contribution in [3.05, 3.63) is 53.5 Å². The van der Waals surface area contributed by atoms with Crippen molar-refractivity contribution in [2.75, 3.05) is 0 Å². The van der Waals surface area contributed by atoms with Crippen LogP contribution in [0.5, 0.6) is 0 Å². The second-order valence-electron chi connectivity index (χ2n) is 4.83. The van der Waals surface area contributed by atoms with Gasteiger partial charge in [0.05, 0.1) is 28.8 Å². The Kier molecular flexibility index (Phi) is 2.12. The van der Waals surface area contributed by atoms with Crippen LogP contribution in [0.15, 0.2) is 41.1 Å². The summed E-state index contributed by atoms with van der Waals surface area (Å²) in [7, 11) is 0. The summed E-state index contributed by atoms with van der Waals surface area (Å²) in [5.41, 5.74) is 5.60. The maximum atomic E-state index is 5.41. The van der Waals surface area contributed by atoms with Crippen LogP contribution >= 0.6 is 0 Å². The van der Waals surface area contributed by atoms with Crippen LogP contribution in [0.25, 0.3) is 17.0 Å². The molecule has 0 bridgehead atoms. The van der Waals surface area contributed by atoms with E-state index in [2.05, 4.69) is 22.4 Å². The molecule has 0 unspecified atom stereocenters. The van der Waals surface area contributed by atoms with Crippen LogP contribution in [0.3, 0.4) is 0 Å². The van der Waals surface area contributed by atoms with Crippen molar-refractivity contribution >= 4 is 0 Å². The molecule has 0 N–H and O–H groups in total. The van der Waals surface area contributed by atoms with E-state index in [4.69, 9.17) is 4.52 Å². The van der Waals surface area contributed by atoms with Gasteiger partial charge >= 0.3 is 0 Å². The molecular formula is C15H13N3O. The Hall–Kier alpha value is -2.36. The van der Waals surface area contributed by atoms with Crippen LogP contribution in [-0.2, 0) is 12.8 Å². The summed E-state index contributed by atoms with van der Waals surface area (Å²) in [6.07, 6.45) is 3.75. The Morgan fingerprint density at radius 3 is 2.84 bits per heavy atom. The van der Waals surface area contributed by atoms with Crippen LogP contribution in [0.4, 0.5) is 0 Å². The molecule has 4 heteroatoms. The van der Waals surface area contributed by atoms with Gasteiger partial charge in [0.2, 0.25) is 0 Å². The van der Waals surface area contributed by atoms with Gasteiger partial charge in [-0.3, -0.25) is 0 Å². The lowest BCUT2D eigenvalue weighted by atomic mass is 9.95. The lowest BCUT2D eigenvalue weighted by Crippen LogP contribution is -2.07. The molecule has 0 saturated heterocycles. The first kappa shape index (κ1) is 10.6. The monoisotopic (exact) mass is 251 g/mol. The van der Waals surface area contributed by atoms with Crippen molar-refractivity contribution in [1.29, 1.82) is 0 Å². The summed E-state index contributed by atoms with van der Waals surface area (Å²) in [4.78, 5) is 0. The number of aryl methyl sites for hydroxylation is 2. The molecule has 0 aliphatic heterocycles. The molecular weight excluding hydrogens is 238 g/mol. The zero-order valence-electron chi connectivity index (χ0n) is 10.6. The van der Waals surface area contributed by atoms with Gasteiger partial charge in [-0.25, -0.2) is 4.68 Å². The van der Waals surface area contributed by atoms with E-state index >= 15 is 0 Å². The van der Waals surface area contributed by atoms with Gasteiger partial charge in [0.15, 0.2) is 5.76 Å². The summed E-state index contributed by atoms with van der Waals surface area (Å²) < 4.78 is 7.43. The molecule has 0 radical (unpaired) electrons. The largest absolute Gasteiger partial charge is 0.356 e. The Labute approximate surface area is 110 Å². The highest BCUT2D eigenvalue weighted by Gasteiger charge is 2.27. The third-order valence-corrected chi connectivity index (χ3v) is 3.66. The number of hydrogen-bond acceptors (Lipinski definition) is 3. The fourth-order valence-electron chi connectivity index (χ4n) is 2.78. The van der Waals surface area contributed by atoms with Gasteiger partial charge in [0, 0.05) is 5.56 Å². The van der Waals surface area contributed by atoms with E-state index in [1.54, 1.807) is 0 Å². The first-order valence-corrected chi connectivity index (χ1v) is 6.42. The number of hydrogen-bond donors (Lipinski definition) is 0. The fourth-order valence-corrected chi connectivity index (χ4v) is 2.78. The number of rotatable bonds is 1. The second-order valence-corrected chi connectivity index (χ2v) is 4.83. The molecule has 19 heavy (non-hydrogen) atoms. The van der Waals surface area contributed by atoms with Crippen LogP contribution < -0.4 is 0 Å². The molecule has 4 rings (SSSR count). The van der Waals surface area contributed by atoms with Gasteiger partial charge in [-0.1, -0.05) is 23.4 Å². The third kappa shape index (κ3) is 1.46. The van der Waals surface area contributed by atoms with Crippen LogP contribution in [-0.4, -0.2) is 14.9 Å². The Morgan fingerprint density at radius 1 is 1.16 bits per heavy atom. The number of nitrogens with zero attached hydrogens (tertiary/aromatic N) is 3. The smallest absolute Gasteiger partial charge is 0.173 e. The normalized spacial score (nSPS) is 13.1. The molecule has 4 nitrogen and oxygen atoms in total. The number of benzene rings is 1. The average molecular weight is 251 g/mol. The molecule has 1 aromatic carbocycles. The second kappa shape index (κ2) is 3.82.